The summed E-state index contributed by atoms with van der Waals surface area (Å²) in [6.07, 6.45) is 4.59. The van der Waals surface area contributed by atoms with Crippen molar-refractivity contribution in [3.8, 4) is 11.5 Å². The van der Waals surface area contributed by atoms with Crippen molar-refractivity contribution in [2.45, 2.75) is 45.3 Å². The van der Waals surface area contributed by atoms with Crippen LogP contribution in [0.2, 0.25) is 0 Å². The average Bonchev–Trinajstić information content (AvgIpc) is 2.60. The van der Waals surface area contributed by atoms with Crippen molar-refractivity contribution >= 4 is 0 Å². The highest BCUT2D eigenvalue weighted by Crippen LogP contribution is 2.31. The van der Waals surface area contributed by atoms with Crippen molar-refractivity contribution in [2.24, 2.45) is 5.73 Å². The minimum absolute atomic E-state index is 0.0477. The molecule has 3 nitrogen and oxygen atoms in total. The van der Waals surface area contributed by atoms with Crippen LogP contribution in [-0.4, -0.2) is 7.11 Å². The minimum atomic E-state index is 0.0477. The molecule has 0 aliphatic rings. The van der Waals surface area contributed by atoms with Crippen LogP contribution in [0.5, 0.6) is 11.5 Å². The number of ether oxygens (including phenoxy) is 2. The molecule has 0 fully saturated rings. The molecule has 2 N–H and O–H groups in total. The molecule has 0 unspecified atom stereocenters. The van der Waals surface area contributed by atoms with Crippen LogP contribution in [0.1, 0.15) is 49.8 Å². The van der Waals surface area contributed by atoms with Gasteiger partial charge in [0.2, 0.25) is 0 Å². The van der Waals surface area contributed by atoms with E-state index in [4.69, 9.17) is 15.2 Å². The Balaban J connectivity index is 2.05. The molecule has 0 saturated carbocycles. The molecule has 3 heteroatoms. The van der Waals surface area contributed by atoms with Gasteiger partial charge in [-0.3, -0.25) is 0 Å². The molecule has 0 spiro atoms. The smallest absolute Gasteiger partial charge is 0.161 e. The van der Waals surface area contributed by atoms with Gasteiger partial charge < -0.3 is 15.2 Å². The summed E-state index contributed by atoms with van der Waals surface area (Å²) in [6, 6.07) is 16.1. The fourth-order valence-electron chi connectivity index (χ4n) is 2.55. The maximum Gasteiger partial charge on any atom is 0.161 e. The zero-order valence-electron chi connectivity index (χ0n) is 14.1. The number of unbranched alkanes of at least 4 members (excludes halogenated alkanes) is 2. The summed E-state index contributed by atoms with van der Waals surface area (Å²) in [5.74, 6) is 1.49. The molecule has 0 saturated heterocycles. The summed E-state index contributed by atoms with van der Waals surface area (Å²) < 4.78 is 11.4. The molecule has 0 amide bonds. The first-order chi connectivity index (χ1) is 11.2. The van der Waals surface area contributed by atoms with E-state index in [1.165, 1.54) is 12.8 Å². The van der Waals surface area contributed by atoms with Crippen LogP contribution in [0.25, 0.3) is 0 Å². The van der Waals surface area contributed by atoms with Gasteiger partial charge in [-0.15, -0.1) is 0 Å². The molecule has 2 aromatic carbocycles. The number of methoxy groups -OCH3 is 1. The second kappa shape index (κ2) is 9.21. The highest BCUT2D eigenvalue weighted by Gasteiger charge is 2.11. The summed E-state index contributed by atoms with van der Waals surface area (Å²) in [6.45, 7) is 2.72. The average molecular weight is 313 g/mol. The summed E-state index contributed by atoms with van der Waals surface area (Å²) in [5.41, 5.74) is 8.54. The standard InChI is InChI=1S/C20H27NO2/c1-3-4-6-11-18(21)17-12-13-19(22-2)20(14-17)23-15-16-9-7-5-8-10-16/h5,7-10,12-14,18H,3-4,6,11,15,21H2,1-2H3/t18-/m1/s1. The van der Waals surface area contributed by atoms with Gasteiger partial charge in [0, 0.05) is 6.04 Å². The van der Waals surface area contributed by atoms with Crippen LogP contribution in [0.15, 0.2) is 48.5 Å². The van der Waals surface area contributed by atoms with Crippen LogP contribution in [0, 0.1) is 0 Å². The van der Waals surface area contributed by atoms with Crippen molar-refractivity contribution in [2.75, 3.05) is 7.11 Å². The summed E-state index contributed by atoms with van der Waals surface area (Å²) in [5, 5.41) is 0. The van der Waals surface area contributed by atoms with Crippen LogP contribution < -0.4 is 15.2 Å². The molecule has 0 aromatic heterocycles. The summed E-state index contributed by atoms with van der Waals surface area (Å²) in [4.78, 5) is 0. The molecular weight excluding hydrogens is 286 g/mol. The molecule has 0 radical (unpaired) electrons. The third-order valence-corrected chi connectivity index (χ3v) is 3.97. The van der Waals surface area contributed by atoms with E-state index in [1.54, 1.807) is 7.11 Å². The second-order valence-corrected chi connectivity index (χ2v) is 5.79. The number of benzene rings is 2. The summed E-state index contributed by atoms with van der Waals surface area (Å²) in [7, 11) is 1.66. The van der Waals surface area contributed by atoms with E-state index >= 15 is 0 Å². The Kier molecular flexibility index (Phi) is 6.95. The normalized spacial score (nSPS) is 12.0. The van der Waals surface area contributed by atoms with Crippen molar-refractivity contribution in [1.82, 2.24) is 0 Å². The van der Waals surface area contributed by atoms with Crippen molar-refractivity contribution in [3.05, 3.63) is 59.7 Å². The van der Waals surface area contributed by atoms with Gasteiger partial charge >= 0.3 is 0 Å². The highest BCUT2D eigenvalue weighted by molar-refractivity contribution is 5.44. The predicted molar refractivity (Wildman–Crippen MR) is 94.8 cm³/mol. The van der Waals surface area contributed by atoms with Gasteiger partial charge in [-0.2, -0.15) is 0 Å². The number of hydrogen-bond acceptors (Lipinski definition) is 3. The van der Waals surface area contributed by atoms with Crippen LogP contribution in [0.4, 0.5) is 0 Å². The first-order valence-electron chi connectivity index (χ1n) is 8.34. The Labute approximate surface area is 139 Å². The SMILES string of the molecule is CCCCC[C@@H](N)c1ccc(OC)c(OCc2ccccc2)c1. The first-order valence-corrected chi connectivity index (χ1v) is 8.34. The van der Waals surface area contributed by atoms with E-state index in [1.807, 2.05) is 48.5 Å². The Morgan fingerprint density at radius 2 is 1.78 bits per heavy atom. The Bertz CT molecular complexity index is 583. The van der Waals surface area contributed by atoms with E-state index in [2.05, 4.69) is 6.92 Å². The monoisotopic (exact) mass is 313 g/mol. The Hall–Kier alpha value is -2.00. The first kappa shape index (κ1) is 17.4. The molecule has 2 rings (SSSR count). The van der Waals surface area contributed by atoms with E-state index in [-0.39, 0.29) is 6.04 Å². The van der Waals surface area contributed by atoms with E-state index in [0.717, 1.165) is 35.5 Å². The zero-order valence-corrected chi connectivity index (χ0v) is 14.1. The highest BCUT2D eigenvalue weighted by atomic mass is 16.5. The number of rotatable bonds is 9. The lowest BCUT2D eigenvalue weighted by Crippen LogP contribution is -2.10. The maximum atomic E-state index is 6.31. The molecule has 0 bridgehead atoms. The topological polar surface area (TPSA) is 44.5 Å². The van der Waals surface area contributed by atoms with E-state index < -0.39 is 0 Å². The number of nitrogens with two attached hydrogens (primary N) is 1. The maximum absolute atomic E-state index is 6.31. The van der Waals surface area contributed by atoms with Crippen molar-refractivity contribution in [3.63, 3.8) is 0 Å². The molecular formula is C20H27NO2. The zero-order chi connectivity index (χ0) is 16.5. The van der Waals surface area contributed by atoms with Gasteiger partial charge in [0.15, 0.2) is 11.5 Å². The molecule has 124 valence electrons. The molecule has 0 aliphatic carbocycles. The minimum Gasteiger partial charge on any atom is -0.493 e. The Morgan fingerprint density at radius 1 is 1.00 bits per heavy atom. The van der Waals surface area contributed by atoms with Gasteiger partial charge in [0.05, 0.1) is 7.11 Å². The van der Waals surface area contributed by atoms with Crippen LogP contribution >= 0.6 is 0 Å². The molecule has 1 atom stereocenters. The van der Waals surface area contributed by atoms with E-state index in [0.29, 0.717) is 6.61 Å². The molecule has 23 heavy (non-hydrogen) atoms. The lowest BCUT2D eigenvalue weighted by molar-refractivity contribution is 0.284. The lowest BCUT2D eigenvalue weighted by Gasteiger charge is -2.16. The van der Waals surface area contributed by atoms with Crippen molar-refractivity contribution < 1.29 is 9.47 Å². The molecule has 0 aliphatic heterocycles. The predicted octanol–water partition coefficient (Wildman–Crippen LogP) is 4.85. The fourth-order valence-corrected chi connectivity index (χ4v) is 2.55. The Morgan fingerprint density at radius 3 is 2.48 bits per heavy atom. The van der Waals surface area contributed by atoms with E-state index in [9.17, 15) is 0 Å². The van der Waals surface area contributed by atoms with Crippen LogP contribution in [-0.2, 0) is 6.61 Å². The second-order valence-electron chi connectivity index (χ2n) is 5.79. The van der Waals surface area contributed by atoms with Crippen LogP contribution in [0.3, 0.4) is 0 Å². The summed E-state index contributed by atoms with van der Waals surface area (Å²) >= 11 is 0. The quantitative estimate of drug-likeness (QED) is 0.673. The molecule has 2 aromatic rings. The lowest BCUT2D eigenvalue weighted by atomic mass is 10.0. The number of hydrogen-bond donors (Lipinski definition) is 1. The molecule has 0 heterocycles. The van der Waals surface area contributed by atoms with Gasteiger partial charge in [-0.05, 0) is 29.7 Å². The van der Waals surface area contributed by atoms with Gasteiger partial charge in [0.1, 0.15) is 6.61 Å². The third-order valence-electron chi connectivity index (χ3n) is 3.97. The van der Waals surface area contributed by atoms with Crippen molar-refractivity contribution in [1.29, 1.82) is 0 Å². The largest absolute Gasteiger partial charge is 0.493 e. The third kappa shape index (κ3) is 5.29. The fraction of sp³-hybridized carbons (Fsp3) is 0.400. The van der Waals surface area contributed by atoms with Gasteiger partial charge in [-0.25, -0.2) is 0 Å². The van der Waals surface area contributed by atoms with Gasteiger partial charge in [-0.1, -0.05) is 62.6 Å². The van der Waals surface area contributed by atoms with Gasteiger partial charge in [0.25, 0.3) is 0 Å².